The fraction of sp³-hybridized carbons (Fsp3) is 0.120. The van der Waals surface area contributed by atoms with Crippen LogP contribution in [-0.2, 0) is 9.59 Å². The van der Waals surface area contributed by atoms with Gasteiger partial charge in [-0.3, -0.25) is 14.5 Å². The van der Waals surface area contributed by atoms with Crippen molar-refractivity contribution < 1.29 is 28.9 Å². The van der Waals surface area contributed by atoms with Gasteiger partial charge in [-0.2, -0.15) is 0 Å². The smallest absolute Gasteiger partial charge is 0.300 e. The highest BCUT2D eigenvalue weighted by Gasteiger charge is 2.47. The van der Waals surface area contributed by atoms with Gasteiger partial charge >= 0.3 is 0 Å². The predicted molar refractivity (Wildman–Crippen MR) is 127 cm³/mol. The number of anilines is 1. The van der Waals surface area contributed by atoms with Gasteiger partial charge < -0.3 is 19.3 Å². The van der Waals surface area contributed by atoms with Crippen LogP contribution in [0.15, 0.2) is 66.2 Å². The second-order valence-electron chi connectivity index (χ2n) is 7.61. The number of aliphatic hydroxyl groups excluding tert-OH is 1. The monoisotopic (exact) mass is 497 g/mol. The maximum absolute atomic E-state index is 13.3. The van der Waals surface area contributed by atoms with Crippen molar-refractivity contribution in [2.45, 2.75) is 6.04 Å². The summed E-state index contributed by atoms with van der Waals surface area (Å²) in [6, 6.07) is 15.3. The Morgan fingerprint density at radius 3 is 2.47 bits per heavy atom. The molecule has 3 aromatic rings. The molecule has 2 aliphatic heterocycles. The van der Waals surface area contributed by atoms with E-state index >= 15 is 0 Å². The van der Waals surface area contributed by atoms with Gasteiger partial charge in [-0.15, -0.1) is 0 Å². The Hall–Kier alpha value is -3.68. The molecule has 1 amide bonds. The number of hydrogen-bond donors (Lipinski definition) is 1. The third-order valence-electron chi connectivity index (χ3n) is 5.69. The molecule has 1 atom stereocenters. The summed E-state index contributed by atoms with van der Waals surface area (Å²) < 4.78 is 16.0. The van der Waals surface area contributed by atoms with Crippen molar-refractivity contribution >= 4 is 46.3 Å². The predicted octanol–water partition coefficient (Wildman–Crippen LogP) is 5.36. The van der Waals surface area contributed by atoms with E-state index in [1.54, 1.807) is 54.6 Å². The van der Waals surface area contributed by atoms with Gasteiger partial charge in [0, 0.05) is 22.3 Å². The lowest BCUT2D eigenvalue weighted by Crippen LogP contribution is -2.29. The van der Waals surface area contributed by atoms with E-state index in [1.165, 1.54) is 18.1 Å². The highest BCUT2D eigenvalue weighted by molar-refractivity contribution is 6.51. The molecule has 5 rings (SSSR count). The molecule has 34 heavy (non-hydrogen) atoms. The van der Waals surface area contributed by atoms with Crippen LogP contribution in [0.4, 0.5) is 5.69 Å². The molecule has 0 aliphatic carbocycles. The fourth-order valence-corrected chi connectivity index (χ4v) is 4.38. The van der Waals surface area contributed by atoms with Crippen molar-refractivity contribution in [3.05, 3.63) is 87.4 Å². The number of carbonyl (C=O) groups is 2. The minimum atomic E-state index is -0.917. The lowest BCUT2D eigenvalue weighted by Gasteiger charge is -2.25. The number of Topliss-reactive ketones (excluding diaryl/α,β-unsaturated/α-hetero) is 1. The van der Waals surface area contributed by atoms with Crippen LogP contribution in [0.1, 0.15) is 17.2 Å². The number of benzene rings is 3. The number of nitrogens with zero attached hydrogens (tertiary/aromatic N) is 1. The van der Waals surface area contributed by atoms with Crippen LogP contribution in [0.3, 0.4) is 0 Å². The van der Waals surface area contributed by atoms with Crippen LogP contribution in [0.5, 0.6) is 17.2 Å². The molecule has 172 valence electrons. The topological polar surface area (TPSA) is 85.3 Å². The molecule has 0 saturated carbocycles. The van der Waals surface area contributed by atoms with Crippen LogP contribution in [0, 0.1) is 0 Å². The summed E-state index contributed by atoms with van der Waals surface area (Å²) in [5, 5.41) is 12.1. The first-order valence-corrected chi connectivity index (χ1v) is 10.9. The van der Waals surface area contributed by atoms with Gasteiger partial charge in [-0.25, -0.2) is 0 Å². The molecule has 9 heteroatoms. The van der Waals surface area contributed by atoms with Crippen LogP contribution >= 0.6 is 23.2 Å². The summed E-state index contributed by atoms with van der Waals surface area (Å²) in [6.45, 7) is 0.0661. The quantitative estimate of drug-likeness (QED) is 0.296. The minimum absolute atomic E-state index is 0.0661. The number of ketones is 1. The van der Waals surface area contributed by atoms with Gasteiger partial charge in [0.2, 0.25) is 6.79 Å². The van der Waals surface area contributed by atoms with E-state index in [-0.39, 0.29) is 23.7 Å². The first-order chi connectivity index (χ1) is 16.4. The van der Waals surface area contributed by atoms with E-state index in [0.29, 0.717) is 38.5 Å². The van der Waals surface area contributed by atoms with Gasteiger partial charge in [-0.05, 0) is 48.0 Å². The third-order valence-corrected chi connectivity index (χ3v) is 6.25. The van der Waals surface area contributed by atoms with Gasteiger partial charge in [-0.1, -0.05) is 35.3 Å². The fourth-order valence-electron chi connectivity index (χ4n) is 4.06. The van der Waals surface area contributed by atoms with E-state index in [2.05, 4.69) is 0 Å². The molecule has 0 bridgehead atoms. The normalized spacial score (nSPS) is 18.4. The first-order valence-electron chi connectivity index (χ1n) is 10.2. The molecule has 1 unspecified atom stereocenters. The Balaban J connectivity index is 1.70. The molecule has 3 aromatic carbocycles. The summed E-state index contributed by atoms with van der Waals surface area (Å²) in [5.74, 6) is -0.658. The standard InChI is InChI=1S/C25H17Cl2NO6/c1-32-19-10-14(4-8-17(19)27)23(29)21-22(13-2-5-15(26)6-3-13)28(25(31)24(21)30)16-7-9-18-20(11-16)34-12-33-18/h2-11,22,29H,12H2,1H3/b23-21+. The Labute approximate surface area is 204 Å². The molecule has 7 nitrogen and oxygen atoms in total. The highest BCUT2D eigenvalue weighted by atomic mass is 35.5. The van der Waals surface area contributed by atoms with E-state index in [1.807, 2.05) is 0 Å². The minimum Gasteiger partial charge on any atom is -0.507 e. The van der Waals surface area contributed by atoms with Crippen LogP contribution < -0.4 is 19.1 Å². The molecule has 0 radical (unpaired) electrons. The third kappa shape index (κ3) is 3.63. The van der Waals surface area contributed by atoms with Crippen molar-refractivity contribution in [3.63, 3.8) is 0 Å². The van der Waals surface area contributed by atoms with Crippen LogP contribution in [-0.4, -0.2) is 30.7 Å². The number of amides is 1. The molecule has 2 aliphatic rings. The molecular formula is C25H17Cl2NO6. The second kappa shape index (κ2) is 8.59. The number of rotatable bonds is 4. The zero-order valence-electron chi connectivity index (χ0n) is 17.7. The zero-order valence-corrected chi connectivity index (χ0v) is 19.3. The molecule has 1 fully saturated rings. The average molecular weight is 498 g/mol. The number of fused-ring (bicyclic) bond motifs is 1. The molecular weight excluding hydrogens is 481 g/mol. The van der Waals surface area contributed by atoms with Crippen molar-refractivity contribution in [3.8, 4) is 17.2 Å². The van der Waals surface area contributed by atoms with Gasteiger partial charge in [0.25, 0.3) is 11.7 Å². The van der Waals surface area contributed by atoms with E-state index in [0.717, 1.165) is 0 Å². The van der Waals surface area contributed by atoms with E-state index in [9.17, 15) is 14.7 Å². The maximum atomic E-state index is 13.3. The van der Waals surface area contributed by atoms with Crippen LogP contribution in [0.2, 0.25) is 10.0 Å². The highest BCUT2D eigenvalue weighted by Crippen LogP contribution is 2.45. The SMILES string of the molecule is COc1cc(/C(O)=C2\C(=O)C(=O)N(c3ccc4c(c3)OCO4)C2c2ccc(Cl)cc2)ccc1Cl. The molecule has 0 spiro atoms. The summed E-state index contributed by atoms with van der Waals surface area (Å²) in [7, 11) is 1.44. The number of ether oxygens (including phenoxy) is 3. The van der Waals surface area contributed by atoms with Crippen molar-refractivity contribution in [2.75, 3.05) is 18.8 Å². The maximum Gasteiger partial charge on any atom is 0.300 e. The number of methoxy groups -OCH3 is 1. The molecule has 2 heterocycles. The lowest BCUT2D eigenvalue weighted by atomic mass is 9.95. The van der Waals surface area contributed by atoms with Gasteiger partial charge in [0.1, 0.15) is 11.5 Å². The summed E-state index contributed by atoms with van der Waals surface area (Å²) in [6.07, 6.45) is 0. The van der Waals surface area contributed by atoms with Crippen molar-refractivity contribution in [1.29, 1.82) is 0 Å². The molecule has 0 aromatic heterocycles. The Bertz CT molecular complexity index is 1350. The number of halogens is 2. The molecule has 1 saturated heterocycles. The largest absolute Gasteiger partial charge is 0.507 e. The van der Waals surface area contributed by atoms with Gasteiger partial charge in [0.15, 0.2) is 11.5 Å². The summed E-state index contributed by atoms with van der Waals surface area (Å²) in [4.78, 5) is 27.9. The Kier molecular flexibility index (Phi) is 5.59. The van der Waals surface area contributed by atoms with Crippen molar-refractivity contribution in [1.82, 2.24) is 0 Å². The van der Waals surface area contributed by atoms with E-state index < -0.39 is 17.7 Å². The number of carbonyl (C=O) groups excluding carboxylic acids is 2. The first kappa shape index (κ1) is 22.1. The van der Waals surface area contributed by atoms with Gasteiger partial charge in [0.05, 0.1) is 23.7 Å². The van der Waals surface area contributed by atoms with Crippen molar-refractivity contribution in [2.24, 2.45) is 0 Å². The summed E-state index contributed by atoms with van der Waals surface area (Å²) in [5.41, 5.74) is 1.21. The van der Waals surface area contributed by atoms with Crippen LogP contribution in [0.25, 0.3) is 5.76 Å². The van der Waals surface area contributed by atoms with E-state index in [4.69, 9.17) is 37.4 Å². The zero-order chi connectivity index (χ0) is 24.0. The Morgan fingerprint density at radius 2 is 1.74 bits per heavy atom. The lowest BCUT2D eigenvalue weighted by molar-refractivity contribution is -0.132. The Morgan fingerprint density at radius 1 is 1.00 bits per heavy atom. The summed E-state index contributed by atoms with van der Waals surface area (Å²) >= 11 is 12.2. The average Bonchev–Trinajstić information content (AvgIpc) is 3.41. The number of hydrogen-bond acceptors (Lipinski definition) is 6. The second-order valence-corrected chi connectivity index (χ2v) is 8.45. The molecule has 1 N–H and O–H groups in total. The number of aliphatic hydroxyl groups is 1.